The number of hydrogen-bond acceptors (Lipinski definition) is 2. The van der Waals surface area contributed by atoms with Crippen LogP contribution in [0, 0.1) is 17.8 Å². The fourth-order valence-corrected chi connectivity index (χ4v) is 3.47. The lowest BCUT2D eigenvalue weighted by molar-refractivity contribution is -0.162. The normalized spacial score (nSPS) is 33.9. The van der Waals surface area contributed by atoms with Gasteiger partial charge in [0.1, 0.15) is 0 Å². The Morgan fingerprint density at radius 1 is 1.47 bits per heavy atom. The Morgan fingerprint density at radius 2 is 2.12 bits per heavy atom. The Bertz CT molecular complexity index is 262. The van der Waals surface area contributed by atoms with Crippen molar-refractivity contribution in [2.75, 3.05) is 6.61 Å². The molecular formula is C14H26O3. The molecule has 0 aromatic rings. The van der Waals surface area contributed by atoms with E-state index in [-0.39, 0.29) is 6.42 Å². The summed E-state index contributed by atoms with van der Waals surface area (Å²) in [5.74, 6) is 0.678. The van der Waals surface area contributed by atoms with E-state index in [2.05, 4.69) is 20.8 Å². The number of ether oxygens (including phenoxy) is 1. The van der Waals surface area contributed by atoms with Gasteiger partial charge in [-0.1, -0.05) is 27.2 Å². The predicted molar refractivity (Wildman–Crippen MR) is 68.0 cm³/mol. The molecule has 0 spiro atoms. The van der Waals surface area contributed by atoms with Crippen LogP contribution in [0.1, 0.15) is 53.4 Å². The van der Waals surface area contributed by atoms with Gasteiger partial charge in [-0.3, -0.25) is 4.79 Å². The molecule has 3 nitrogen and oxygen atoms in total. The van der Waals surface area contributed by atoms with Crippen molar-refractivity contribution in [3.63, 3.8) is 0 Å². The number of aliphatic carboxylic acids is 1. The minimum absolute atomic E-state index is 0.147. The Balaban J connectivity index is 2.95. The zero-order chi connectivity index (χ0) is 13.1. The molecule has 1 aliphatic carbocycles. The van der Waals surface area contributed by atoms with Crippen molar-refractivity contribution in [2.24, 2.45) is 17.8 Å². The Labute approximate surface area is 105 Å². The highest BCUT2D eigenvalue weighted by Crippen LogP contribution is 2.45. The summed E-state index contributed by atoms with van der Waals surface area (Å²) in [7, 11) is 0. The summed E-state index contributed by atoms with van der Waals surface area (Å²) < 4.78 is 5.94. The minimum atomic E-state index is -0.738. The summed E-state index contributed by atoms with van der Waals surface area (Å²) in [5, 5.41) is 9.16. The molecule has 3 heteroatoms. The molecule has 1 fully saturated rings. The second kappa shape index (κ2) is 5.85. The minimum Gasteiger partial charge on any atom is -0.481 e. The third-order valence-electron chi connectivity index (χ3n) is 4.03. The lowest BCUT2D eigenvalue weighted by atomic mass is 9.65. The summed E-state index contributed by atoms with van der Waals surface area (Å²) in [4.78, 5) is 11.1. The predicted octanol–water partition coefficient (Wildman–Crippen LogP) is 3.33. The molecule has 0 heterocycles. The van der Waals surface area contributed by atoms with Gasteiger partial charge in [0.25, 0.3) is 0 Å². The second-order valence-corrected chi connectivity index (χ2v) is 5.81. The molecule has 17 heavy (non-hydrogen) atoms. The summed E-state index contributed by atoms with van der Waals surface area (Å²) in [5.41, 5.74) is -0.438. The number of carboxylic acids is 1. The number of hydrogen-bond donors (Lipinski definition) is 1. The van der Waals surface area contributed by atoms with Gasteiger partial charge >= 0.3 is 5.97 Å². The molecule has 0 aromatic carbocycles. The fourth-order valence-electron chi connectivity index (χ4n) is 3.47. The molecule has 1 N–H and O–H groups in total. The van der Waals surface area contributed by atoms with Crippen LogP contribution in [0.25, 0.3) is 0 Å². The first-order chi connectivity index (χ1) is 7.91. The number of carboxylic acid groups (broad SMARTS) is 1. The van der Waals surface area contributed by atoms with E-state index in [1.54, 1.807) is 0 Å². The quantitative estimate of drug-likeness (QED) is 0.804. The van der Waals surface area contributed by atoms with Gasteiger partial charge in [-0.05, 0) is 37.5 Å². The van der Waals surface area contributed by atoms with E-state index in [4.69, 9.17) is 9.84 Å². The van der Waals surface area contributed by atoms with E-state index < -0.39 is 11.6 Å². The van der Waals surface area contributed by atoms with Gasteiger partial charge in [-0.25, -0.2) is 0 Å². The molecule has 1 saturated carbocycles. The molecule has 0 bridgehead atoms. The summed E-state index contributed by atoms with van der Waals surface area (Å²) in [6.07, 6.45) is 3.31. The van der Waals surface area contributed by atoms with Crippen LogP contribution >= 0.6 is 0 Å². The molecule has 0 aliphatic heterocycles. The van der Waals surface area contributed by atoms with Crippen LogP contribution in [-0.4, -0.2) is 23.3 Å². The van der Waals surface area contributed by atoms with Crippen molar-refractivity contribution in [3.8, 4) is 0 Å². The van der Waals surface area contributed by atoms with Crippen LogP contribution in [0.5, 0.6) is 0 Å². The standard InChI is InChI=1S/C14H26O3/c1-5-17-14(9-13(15)16)8-11(4)6-7-12(14)10(2)3/h10-12H,5-9H2,1-4H3,(H,15,16). The van der Waals surface area contributed by atoms with E-state index in [0.29, 0.717) is 24.4 Å². The third-order valence-corrected chi connectivity index (χ3v) is 4.03. The molecule has 3 unspecified atom stereocenters. The van der Waals surface area contributed by atoms with Crippen LogP contribution in [-0.2, 0) is 9.53 Å². The molecular weight excluding hydrogens is 216 g/mol. The van der Waals surface area contributed by atoms with Gasteiger partial charge in [-0.2, -0.15) is 0 Å². The maximum atomic E-state index is 11.1. The average molecular weight is 242 g/mol. The Morgan fingerprint density at radius 3 is 2.59 bits per heavy atom. The van der Waals surface area contributed by atoms with Crippen molar-refractivity contribution in [1.82, 2.24) is 0 Å². The zero-order valence-corrected chi connectivity index (χ0v) is 11.5. The maximum Gasteiger partial charge on any atom is 0.306 e. The van der Waals surface area contributed by atoms with E-state index in [1.165, 1.54) is 6.42 Å². The summed E-state index contributed by atoms with van der Waals surface area (Å²) >= 11 is 0. The number of carbonyl (C=O) groups is 1. The molecule has 100 valence electrons. The Kier molecular flexibility index (Phi) is 4.99. The molecule has 0 saturated heterocycles. The van der Waals surface area contributed by atoms with E-state index in [0.717, 1.165) is 12.8 Å². The van der Waals surface area contributed by atoms with Crippen molar-refractivity contribution < 1.29 is 14.6 Å². The molecule has 3 atom stereocenters. The lowest BCUT2D eigenvalue weighted by Crippen LogP contribution is -2.49. The smallest absolute Gasteiger partial charge is 0.306 e. The fraction of sp³-hybridized carbons (Fsp3) is 0.929. The van der Waals surface area contributed by atoms with E-state index in [1.807, 2.05) is 6.92 Å². The first-order valence-electron chi connectivity index (χ1n) is 6.77. The van der Waals surface area contributed by atoms with Gasteiger partial charge in [0.2, 0.25) is 0 Å². The van der Waals surface area contributed by atoms with Crippen LogP contribution in [0.2, 0.25) is 0 Å². The maximum absolute atomic E-state index is 11.1. The largest absolute Gasteiger partial charge is 0.481 e. The summed E-state index contributed by atoms with van der Waals surface area (Å²) in [6.45, 7) is 9.11. The van der Waals surface area contributed by atoms with Crippen molar-refractivity contribution in [1.29, 1.82) is 0 Å². The third kappa shape index (κ3) is 3.44. The highest BCUT2D eigenvalue weighted by molar-refractivity contribution is 5.68. The SMILES string of the molecule is CCOC1(CC(=O)O)CC(C)CCC1C(C)C. The number of rotatable bonds is 5. The first kappa shape index (κ1) is 14.5. The van der Waals surface area contributed by atoms with Gasteiger partial charge < -0.3 is 9.84 Å². The Hall–Kier alpha value is -0.570. The first-order valence-corrected chi connectivity index (χ1v) is 6.77. The van der Waals surface area contributed by atoms with E-state index >= 15 is 0 Å². The van der Waals surface area contributed by atoms with Crippen LogP contribution in [0.4, 0.5) is 0 Å². The van der Waals surface area contributed by atoms with Crippen molar-refractivity contribution in [2.45, 2.75) is 59.0 Å². The monoisotopic (exact) mass is 242 g/mol. The zero-order valence-electron chi connectivity index (χ0n) is 11.5. The summed E-state index contributed by atoms with van der Waals surface area (Å²) in [6, 6.07) is 0. The lowest BCUT2D eigenvalue weighted by Gasteiger charge is -2.47. The molecule has 0 amide bonds. The van der Waals surface area contributed by atoms with E-state index in [9.17, 15) is 4.79 Å². The van der Waals surface area contributed by atoms with Crippen molar-refractivity contribution >= 4 is 5.97 Å². The molecule has 1 aliphatic rings. The van der Waals surface area contributed by atoms with Crippen molar-refractivity contribution in [3.05, 3.63) is 0 Å². The molecule has 1 rings (SSSR count). The highest BCUT2D eigenvalue weighted by atomic mass is 16.5. The van der Waals surface area contributed by atoms with Gasteiger partial charge in [0, 0.05) is 6.61 Å². The van der Waals surface area contributed by atoms with Gasteiger partial charge in [0.05, 0.1) is 12.0 Å². The van der Waals surface area contributed by atoms with Crippen LogP contribution in [0.15, 0.2) is 0 Å². The van der Waals surface area contributed by atoms with Gasteiger partial charge in [-0.15, -0.1) is 0 Å². The van der Waals surface area contributed by atoms with Gasteiger partial charge in [0.15, 0.2) is 0 Å². The molecule has 0 radical (unpaired) electrons. The molecule has 0 aromatic heterocycles. The average Bonchev–Trinajstić information content (AvgIpc) is 2.15. The highest BCUT2D eigenvalue weighted by Gasteiger charge is 2.46. The van der Waals surface area contributed by atoms with Crippen LogP contribution < -0.4 is 0 Å². The van der Waals surface area contributed by atoms with Crippen LogP contribution in [0.3, 0.4) is 0 Å². The topological polar surface area (TPSA) is 46.5 Å². The second-order valence-electron chi connectivity index (χ2n) is 5.81.